The summed E-state index contributed by atoms with van der Waals surface area (Å²) in [5, 5.41) is 1.25. The SMILES string of the molecule is Cc1ccccc1COc1ccccc1C=C1C(=O)NN(c2ccccc2)C1=O. The van der Waals surface area contributed by atoms with Crippen molar-refractivity contribution in [3.05, 3.63) is 101 Å². The Balaban J connectivity index is 1.59. The van der Waals surface area contributed by atoms with Crippen molar-refractivity contribution in [1.82, 2.24) is 5.43 Å². The van der Waals surface area contributed by atoms with Crippen molar-refractivity contribution in [2.75, 3.05) is 5.01 Å². The standard InChI is InChI=1S/C24H20N2O3/c1-17-9-5-6-11-19(17)16-29-22-14-8-7-10-18(22)15-21-23(27)25-26(24(21)28)20-12-3-2-4-13-20/h2-15H,16H2,1H3,(H,25,27). The number of anilines is 1. The molecule has 0 aliphatic carbocycles. The maximum atomic E-state index is 12.8. The minimum Gasteiger partial charge on any atom is -0.488 e. The average molecular weight is 384 g/mol. The minimum atomic E-state index is -0.437. The zero-order valence-electron chi connectivity index (χ0n) is 16.0. The number of hydrogen-bond donors (Lipinski definition) is 1. The lowest BCUT2D eigenvalue weighted by atomic mass is 10.1. The second-order valence-electron chi connectivity index (χ2n) is 6.73. The Hall–Kier alpha value is -3.86. The molecule has 5 nitrogen and oxygen atoms in total. The van der Waals surface area contributed by atoms with Crippen molar-refractivity contribution in [2.24, 2.45) is 0 Å². The molecule has 1 aliphatic heterocycles. The number of amides is 2. The summed E-state index contributed by atoms with van der Waals surface area (Å²) in [7, 11) is 0. The van der Waals surface area contributed by atoms with Gasteiger partial charge in [-0.05, 0) is 42.3 Å². The first-order valence-corrected chi connectivity index (χ1v) is 9.32. The lowest BCUT2D eigenvalue weighted by Gasteiger charge is -2.14. The van der Waals surface area contributed by atoms with Crippen LogP contribution in [-0.2, 0) is 16.2 Å². The highest BCUT2D eigenvalue weighted by atomic mass is 16.5. The molecule has 5 heteroatoms. The monoisotopic (exact) mass is 384 g/mol. The highest BCUT2D eigenvalue weighted by Crippen LogP contribution is 2.26. The average Bonchev–Trinajstić information content (AvgIpc) is 3.03. The van der Waals surface area contributed by atoms with Gasteiger partial charge in [0, 0.05) is 5.56 Å². The molecule has 0 bridgehead atoms. The van der Waals surface area contributed by atoms with Crippen LogP contribution in [0.25, 0.3) is 6.08 Å². The molecule has 2 amide bonds. The van der Waals surface area contributed by atoms with Crippen LogP contribution in [0.5, 0.6) is 5.75 Å². The molecule has 29 heavy (non-hydrogen) atoms. The van der Waals surface area contributed by atoms with E-state index in [1.807, 2.05) is 73.7 Å². The van der Waals surface area contributed by atoms with Crippen LogP contribution in [0.15, 0.2) is 84.4 Å². The van der Waals surface area contributed by atoms with E-state index in [-0.39, 0.29) is 5.57 Å². The Kier molecular flexibility index (Phi) is 5.12. The third kappa shape index (κ3) is 3.89. The molecule has 1 aliphatic rings. The molecule has 144 valence electrons. The van der Waals surface area contributed by atoms with Gasteiger partial charge in [-0.3, -0.25) is 15.0 Å². The van der Waals surface area contributed by atoms with Crippen LogP contribution in [0.1, 0.15) is 16.7 Å². The van der Waals surface area contributed by atoms with Crippen molar-refractivity contribution in [3.63, 3.8) is 0 Å². The molecule has 0 atom stereocenters. The maximum absolute atomic E-state index is 12.8. The topological polar surface area (TPSA) is 58.6 Å². The quantitative estimate of drug-likeness (QED) is 0.534. The highest BCUT2D eigenvalue weighted by Gasteiger charge is 2.34. The van der Waals surface area contributed by atoms with Gasteiger partial charge < -0.3 is 4.74 Å². The fraction of sp³-hybridized carbons (Fsp3) is 0.0833. The Morgan fingerprint density at radius 3 is 2.38 bits per heavy atom. The summed E-state index contributed by atoms with van der Waals surface area (Å²) in [6.45, 7) is 2.44. The Bertz CT molecular complexity index is 1090. The number of nitrogens with zero attached hydrogens (tertiary/aromatic N) is 1. The number of carbonyl (C=O) groups is 2. The largest absolute Gasteiger partial charge is 0.488 e. The zero-order valence-corrected chi connectivity index (χ0v) is 16.0. The van der Waals surface area contributed by atoms with Gasteiger partial charge in [-0.15, -0.1) is 0 Å². The third-order valence-electron chi connectivity index (χ3n) is 4.77. The minimum absolute atomic E-state index is 0.0702. The predicted octanol–water partition coefficient (Wildman–Crippen LogP) is 4.04. The molecular weight excluding hydrogens is 364 g/mol. The van der Waals surface area contributed by atoms with E-state index in [0.29, 0.717) is 23.6 Å². The number of aryl methyl sites for hydroxylation is 1. The lowest BCUT2D eigenvalue weighted by Crippen LogP contribution is -2.35. The first-order chi connectivity index (χ1) is 14.1. The second kappa shape index (κ2) is 8.02. The molecule has 1 heterocycles. The molecule has 0 unspecified atom stereocenters. The van der Waals surface area contributed by atoms with Crippen LogP contribution in [-0.4, -0.2) is 11.8 Å². The summed E-state index contributed by atoms with van der Waals surface area (Å²) in [5.74, 6) is -0.218. The van der Waals surface area contributed by atoms with Gasteiger partial charge in [0.2, 0.25) is 0 Å². The number of nitrogens with one attached hydrogen (secondary N) is 1. The molecule has 1 N–H and O–H groups in total. The highest BCUT2D eigenvalue weighted by molar-refractivity contribution is 6.31. The normalized spacial score (nSPS) is 14.9. The summed E-state index contributed by atoms with van der Waals surface area (Å²) in [6.07, 6.45) is 1.58. The van der Waals surface area contributed by atoms with Crippen LogP contribution in [0.2, 0.25) is 0 Å². The fourth-order valence-electron chi connectivity index (χ4n) is 3.13. The molecule has 3 aromatic carbocycles. The number of ether oxygens (including phenoxy) is 1. The van der Waals surface area contributed by atoms with E-state index in [2.05, 4.69) is 5.43 Å². The Morgan fingerprint density at radius 1 is 0.897 bits per heavy atom. The Labute approximate surface area is 169 Å². The van der Waals surface area contributed by atoms with Gasteiger partial charge in [0.1, 0.15) is 17.9 Å². The first-order valence-electron chi connectivity index (χ1n) is 9.32. The molecule has 0 spiro atoms. The fourth-order valence-corrected chi connectivity index (χ4v) is 3.13. The van der Waals surface area contributed by atoms with Gasteiger partial charge in [-0.2, -0.15) is 0 Å². The predicted molar refractivity (Wildman–Crippen MR) is 112 cm³/mol. The van der Waals surface area contributed by atoms with Crippen LogP contribution < -0.4 is 15.2 Å². The Morgan fingerprint density at radius 2 is 1.59 bits per heavy atom. The maximum Gasteiger partial charge on any atom is 0.282 e. The van der Waals surface area contributed by atoms with E-state index in [0.717, 1.165) is 11.1 Å². The summed E-state index contributed by atoms with van der Waals surface area (Å²) in [5.41, 5.74) is 6.19. The number of hydrogen-bond acceptors (Lipinski definition) is 3. The number of hydrazine groups is 1. The molecule has 4 rings (SSSR count). The van der Waals surface area contributed by atoms with Crippen molar-refractivity contribution >= 4 is 23.6 Å². The molecule has 3 aromatic rings. The van der Waals surface area contributed by atoms with Crippen molar-refractivity contribution in [2.45, 2.75) is 13.5 Å². The van der Waals surface area contributed by atoms with E-state index in [4.69, 9.17) is 4.74 Å². The zero-order chi connectivity index (χ0) is 20.2. The first kappa shape index (κ1) is 18.5. The molecule has 0 radical (unpaired) electrons. The number of carbonyl (C=O) groups excluding carboxylic acids is 2. The van der Waals surface area contributed by atoms with Crippen molar-refractivity contribution < 1.29 is 14.3 Å². The van der Waals surface area contributed by atoms with E-state index in [1.54, 1.807) is 18.2 Å². The van der Waals surface area contributed by atoms with E-state index < -0.39 is 11.8 Å². The van der Waals surface area contributed by atoms with Crippen LogP contribution in [0.4, 0.5) is 5.69 Å². The summed E-state index contributed by atoms with van der Waals surface area (Å²) in [6, 6.07) is 24.4. The lowest BCUT2D eigenvalue weighted by molar-refractivity contribution is -0.117. The van der Waals surface area contributed by atoms with Crippen molar-refractivity contribution in [3.8, 4) is 5.75 Å². The van der Waals surface area contributed by atoms with E-state index in [1.165, 1.54) is 5.01 Å². The van der Waals surface area contributed by atoms with Gasteiger partial charge >= 0.3 is 0 Å². The van der Waals surface area contributed by atoms with Gasteiger partial charge in [-0.1, -0.05) is 60.7 Å². The van der Waals surface area contributed by atoms with Crippen LogP contribution in [0.3, 0.4) is 0 Å². The molecule has 0 saturated carbocycles. The van der Waals surface area contributed by atoms with E-state index in [9.17, 15) is 9.59 Å². The molecule has 1 saturated heterocycles. The van der Waals surface area contributed by atoms with Gasteiger partial charge in [0.25, 0.3) is 11.8 Å². The van der Waals surface area contributed by atoms with Crippen LogP contribution in [0, 0.1) is 6.92 Å². The summed E-state index contributed by atoms with van der Waals surface area (Å²) < 4.78 is 6.00. The van der Waals surface area contributed by atoms with Crippen LogP contribution >= 0.6 is 0 Å². The van der Waals surface area contributed by atoms with E-state index >= 15 is 0 Å². The van der Waals surface area contributed by atoms with Gasteiger partial charge in [0.15, 0.2) is 0 Å². The van der Waals surface area contributed by atoms with Gasteiger partial charge in [-0.25, -0.2) is 5.01 Å². The summed E-state index contributed by atoms with van der Waals surface area (Å²) >= 11 is 0. The molecular formula is C24H20N2O3. The summed E-state index contributed by atoms with van der Waals surface area (Å²) in [4.78, 5) is 25.2. The smallest absolute Gasteiger partial charge is 0.282 e. The number of para-hydroxylation sites is 2. The third-order valence-corrected chi connectivity index (χ3v) is 4.77. The number of rotatable bonds is 5. The molecule has 0 aromatic heterocycles. The van der Waals surface area contributed by atoms with Gasteiger partial charge in [0.05, 0.1) is 5.69 Å². The van der Waals surface area contributed by atoms with Crippen molar-refractivity contribution in [1.29, 1.82) is 0 Å². The number of benzene rings is 3. The second-order valence-corrected chi connectivity index (χ2v) is 6.73. The molecule has 1 fully saturated rings.